The second-order valence-corrected chi connectivity index (χ2v) is 4.53. The Bertz CT molecular complexity index is 698. The van der Waals surface area contributed by atoms with E-state index in [1.807, 2.05) is 48.5 Å². The molecular weight excluding hydrogens is 264 g/mol. The number of nitrogens with two attached hydrogens (primary N) is 2. The minimum Gasteiger partial charge on any atom is -0.369 e. The highest BCUT2D eigenvalue weighted by atomic mass is 16.1. The zero-order valence-corrected chi connectivity index (χ0v) is 11.7. The first-order valence-corrected chi connectivity index (χ1v) is 6.39. The molecule has 0 aliphatic rings. The largest absolute Gasteiger partial charge is 0.369 e. The minimum absolute atomic E-state index is 0.0536. The zero-order chi connectivity index (χ0) is 15.2. The van der Waals surface area contributed by atoms with E-state index in [-0.39, 0.29) is 11.7 Å². The molecule has 0 heterocycles. The van der Waals surface area contributed by atoms with E-state index in [1.165, 1.54) is 0 Å². The van der Waals surface area contributed by atoms with Gasteiger partial charge in [-0.2, -0.15) is 5.10 Å². The van der Waals surface area contributed by atoms with Gasteiger partial charge in [0, 0.05) is 5.56 Å². The lowest BCUT2D eigenvalue weighted by Crippen LogP contribution is -2.21. The van der Waals surface area contributed by atoms with Crippen LogP contribution in [0.3, 0.4) is 0 Å². The number of carbonyl (C=O) groups is 1. The van der Waals surface area contributed by atoms with Crippen LogP contribution in [-0.4, -0.2) is 18.0 Å². The van der Waals surface area contributed by atoms with Gasteiger partial charge in [-0.05, 0) is 29.7 Å². The number of nitrogens with zero attached hydrogens (tertiary/aromatic N) is 2. The summed E-state index contributed by atoms with van der Waals surface area (Å²) in [6.45, 7) is 1.56. The Morgan fingerprint density at radius 1 is 1.05 bits per heavy atom. The van der Waals surface area contributed by atoms with Crippen molar-refractivity contribution in [2.24, 2.45) is 21.7 Å². The van der Waals surface area contributed by atoms with Gasteiger partial charge >= 0.3 is 0 Å². The SMILES string of the molecule is CC(=O)c1cccc(-c2ccc(C=NN=C(N)N)cc2)c1. The summed E-state index contributed by atoms with van der Waals surface area (Å²) in [7, 11) is 0. The fourth-order valence-electron chi connectivity index (χ4n) is 1.84. The predicted octanol–water partition coefficient (Wildman–Crippen LogP) is 2.16. The maximum atomic E-state index is 11.4. The lowest BCUT2D eigenvalue weighted by Gasteiger charge is -2.04. The molecule has 106 valence electrons. The summed E-state index contributed by atoms with van der Waals surface area (Å²) in [5.74, 6) is -0.0262. The smallest absolute Gasteiger partial charge is 0.211 e. The number of guanidine groups is 1. The molecule has 0 amide bonds. The Morgan fingerprint density at radius 3 is 2.38 bits per heavy atom. The van der Waals surface area contributed by atoms with E-state index in [2.05, 4.69) is 10.2 Å². The van der Waals surface area contributed by atoms with Crippen LogP contribution in [0.2, 0.25) is 0 Å². The van der Waals surface area contributed by atoms with Gasteiger partial charge in [0.2, 0.25) is 5.96 Å². The molecule has 2 rings (SSSR count). The third-order valence-electron chi connectivity index (χ3n) is 2.89. The van der Waals surface area contributed by atoms with Crippen molar-refractivity contribution in [2.75, 3.05) is 0 Å². The average molecular weight is 280 g/mol. The summed E-state index contributed by atoms with van der Waals surface area (Å²) < 4.78 is 0. The Morgan fingerprint density at radius 2 is 1.76 bits per heavy atom. The molecule has 4 N–H and O–H groups in total. The second kappa shape index (κ2) is 6.47. The van der Waals surface area contributed by atoms with Crippen LogP contribution in [0.25, 0.3) is 11.1 Å². The van der Waals surface area contributed by atoms with Crippen LogP contribution >= 0.6 is 0 Å². The van der Waals surface area contributed by atoms with E-state index < -0.39 is 0 Å². The number of hydrogen-bond acceptors (Lipinski definition) is 3. The molecule has 0 bridgehead atoms. The van der Waals surface area contributed by atoms with Crippen LogP contribution in [0.5, 0.6) is 0 Å². The fraction of sp³-hybridized carbons (Fsp3) is 0.0625. The van der Waals surface area contributed by atoms with E-state index in [4.69, 9.17) is 11.5 Å². The minimum atomic E-state index is -0.0797. The maximum absolute atomic E-state index is 11.4. The van der Waals surface area contributed by atoms with Crippen LogP contribution in [0.1, 0.15) is 22.8 Å². The summed E-state index contributed by atoms with van der Waals surface area (Å²) in [6.07, 6.45) is 1.56. The molecule has 0 aliphatic carbocycles. The molecule has 0 fully saturated rings. The molecule has 21 heavy (non-hydrogen) atoms. The van der Waals surface area contributed by atoms with Crippen molar-refractivity contribution in [1.82, 2.24) is 0 Å². The number of carbonyl (C=O) groups excluding carboxylic acids is 1. The maximum Gasteiger partial charge on any atom is 0.211 e. The average Bonchev–Trinajstić information content (AvgIpc) is 2.48. The molecule has 0 aromatic heterocycles. The highest BCUT2D eigenvalue weighted by Gasteiger charge is 2.02. The molecule has 0 saturated heterocycles. The van der Waals surface area contributed by atoms with Crippen molar-refractivity contribution in [1.29, 1.82) is 0 Å². The van der Waals surface area contributed by atoms with Crippen molar-refractivity contribution in [2.45, 2.75) is 6.92 Å². The molecule has 0 atom stereocenters. The quantitative estimate of drug-likeness (QED) is 0.389. The molecule has 2 aromatic carbocycles. The Hall–Kier alpha value is -2.95. The van der Waals surface area contributed by atoms with Crippen molar-refractivity contribution in [3.8, 4) is 11.1 Å². The molecule has 0 spiro atoms. The van der Waals surface area contributed by atoms with Gasteiger partial charge in [0.15, 0.2) is 5.78 Å². The molecular formula is C16H16N4O. The van der Waals surface area contributed by atoms with Crippen LogP contribution in [0.15, 0.2) is 58.7 Å². The summed E-state index contributed by atoms with van der Waals surface area (Å²) in [6, 6.07) is 15.2. The Kier molecular flexibility index (Phi) is 4.46. The summed E-state index contributed by atoms with van der Waals surface area (Å²) >= 11 is 0. The second-order valence-electron chi connectivity index (χ2n) is 4.53. The third-order valence-corrected chi connectivity index (χ3v) is 2.89. The standard InChI is InChI=1S/C16H16N4O/c1-11(21)14-3-2-4-15(9-14)13-7-5-12(6-8-13)10-19-20-16(17)18/h2-10H,1H3,(H4,17,18,20). The van der Waals surface area contributed by atoms with E-state index in [1.54, 1.807) is 13.1 Å². The van der Waals surface area contributed by atoms with Crippen molar-refractivity contribution < 1.29 is 4.79 Å². The van der Waals surface area contributed by atoms with Crippen molar-refractivity contribution >= 4 is 18.0 Å². The Balaban J connectivity index is 2.23. The van der Waals surface area contributed by atoms with Crippen molar-refractivity contribution in [3.05, 3.63) is 59.7 Å². The lowest BCUT2D eigenvalue weighted by molar-refractivity contribution is 0.101. The topological polar surface area (TPSA) is 93.8 Å². The number of ketones is 1. The summed E-state index contributed by atoms with van der Waals surface area (Å²) in [5, 5.41) is 7.28. The van der Waals surface area contributed by atoms with Gasteiger partial charge in [-0.1, -0.05) is 42.5 Å². The molecule has 0 aliphatic heterocycles. The van der Waals surface area contributed by atoms with Crippen LogP contribution in [-0.2, 0) is 0 Å². The number of Topliss-reactive ketones (excluding diaryl/α,β-unsaturated/α-hetero) is 1. The van der Waals surface area contributed by atoms with Crippen LogP contribution < -0.4 is 11.5 Å². The molecule has 2 aromatic rings. The molecule has 0 radical (unpaired) electrons. The number of benzene rings is 2. The monoisotopic (exact) mass is 280 g/mol. The lowest BCUT2D eigenvalue weighted by atomic mass is 10.0. The third kappa shape index (κ3) is 4.01. The van der Waals surface area contributed by atoms with Gasteiger partial charge in [-0.3, -0.25) is 4.79 Å². The highest BCUT2D eigenvalue weighted by molar-refractivity contribution is 5.95. The van der Waals surface area contributed by atoms with E-state index >= 15 is 0 Å². The van der Waals surface area contributed by atoms with E-state index in [0.717, 1.165) is 16.7 Å². The first-order valence-electron chi connectivity index (χ1n) is 6.39. The molecule has 0 unspecified atom stereocenters. The van der Waals surface area contributed by atoms with Gasteiger partial charge < -0.3 is 11.5 Å². The van der Waals surface area contributed by atoms with Gasteiger partial charge in [-0.25, -0.2) is 0 Å². The predicted molar refractivity (Wildman–Crippen MR) is 85.3 cm³/mol. The number of hydrogen-bond donors (Lipinski definition) is 2. The van der Waals surface area contributed by atoms with Crippen molar-refractivity contribution in [3.63, 3.8) is 0 Å². The molecule has 5 nitrogen and oxygen atoms in total. The van der Waals surface area contributed by atoms with E-state index in [9.17, 15) is 4.79 Å². The molecule has 5 heteroatoms. The van der Waals surface area contributed by atoms with Gasteiger partial charge in [0.05, 0.1) is 6.21 Å². The summed E-state index contributed by atoms with van der Waals surface area (Å²) in [5.41, 5.74) is 14.0. The van der Waals surface area contributed by atoms with E-state index in [0.29, 0.717) is 5.56 Å². The Labute approximate surface area is 123 Å². The first-order chi connectivity index (χ1) is 10.1. The summed E-state index contributed by atoms with van der Waals surface area (Å²) in [4.78, 5) is 11.4. The number of rotatable bonds is 4. The van der Waals surface area contributed by atoms with Gasteiger partial charge in [-0.15, -0.1) is 5.10 Å². The van der Waals surface area contributed by atoms with Crippen LogP contribution in [0, 0.1) is 0 Å². The van der Waals surface area contributed by atoms with Gasteiger partial charge in [0.25, 0.3) is 0 Å². The zero-order valence-electron chi connectivity index (χ0n) is 11.7. The molecule has 0 saturated carbocycles. The fourth-order valence-corrected chi connectivity index (χ4v) is 1.84. The normalized spacial score (nSPS) is 10.5. The first kappa shape index (κ1) is 14.5. The van der Waals surface area contributed by atoms with Gasteiger partial charge in [0.1, 0.15) is 0 Å². The highest BCUT2D eigenvalue weighted by Crippen LogP contribution is 2.21. The van der Waals surface area contributed by atoms with Crippen LogP contribution in [0.4, 0.5) is 0 Å².